The van der Waals surface area contributed by atoms with Gasteiger partial charge in [-0.15, -0.1) is 0 Å². The second-order valence-corrected chi connectivity index (χ2v) is 4.84. The lowest BCUT2D eigenvalue weighted by Gasteiger charge is -2.29. The zero-order valence-corrected chi connectivity index (χ0v) is 12.1. The van der Waals surface area contributed by atoms with E-state index < -0.39 is 0 Å². The van der Waals surface area contributed by atoms with E-state index in [0.29, 0.717) is 11.6 Å². The van der Waals surface area contributed by atoms with Crippen LogP contribution >= 0.6 is 0 Å². The molecular formula is C16H19N3O2. The molecule has 1 aromatic carbocycles. The number of ether oxygens (including phenoxy) is 2. The fraction of sp³-hybridized carbons (Fsp3) is 0.312. The largest absolute Gasteiger partial charge is 0.491 e. The smallest absolute Gasteiger partial charge is 0.262 e. The molecule has 0 spiro atoms. The highest BCUT2D eigenvalue weighted by molar-refractivity contribution is 5.50. The molecule has 1 fully saturated rings. The van der Waals surface area contributed by atoms with Gasteiger partial charge < -0.3 is 19.7 Å². The lowest BCUT2D eigenvalue weighted by molar-refractivity contribution is 0.369. The van der Waals surface area contributed by atoms with E-state index in [1.807, 2.05) is 24.3 Å². The number of nitrogens with zero attached hydrogens (tertiary/aromatic N) is 2. The molecule has 5 heteroatoms. The Morgan fingerprint density at radius 2 is 1.86 bits per heavy atom. The van der Waals surface area contributed by atoms with E-state index in [9.17, 15) is 0 Å². The monoisotopic (exact) mass is 285 g/mol. The van der Waals surface area contributed by atoms with Gasteiger partial charge in [0.2, 0.25) is 0 Å². The summed E-state index contributed by atoms with van der Waals surface area (Å²) in [6.45, 7) is 4.13. The van der Waals surface area contributed by atoms with Crippen molar-refractivity contribution < 1.29 is 9.47 Å². The number of nitrogens with one attached hydrogen (secondary N) is 1. The lowest BCUT2D eigenvalue weighted by Crippen LogP contribution is -2.43. The summed E-state index contributed by atoms with van der Waals surface area (Å²) >= 11 is 0. The van der Waals surface area contributed by atoms with Gasteiger partial charge in [-0.25, -0.2) is 4.98 Å². The molecule has 1 aliphatic rings. The average molecular weight is 285 g/mol. The molecule has 0 radical (unpaired) electrons. The van der Waals surface area contributed by atoms with E-state index in [2.05, 4.69) is 27.3 Å². The van der Waals surface area contributed by atoms with E-state index in [0.717, 1.165) is 31.9 Å². The highest BCUT2D eigenvalue weighted by atomic mass is 16.5. The van der Waals surface area contributed by atoms with Crippen LogP contribution in [0.5, 0.6) is 17.4 Å². The number of pyridine rings is 1. The van der Waals surface area contributed by atoms with Crippen LogP contribution in [-0.2, 0) is 0 Å². The predicted octanol–water partition coefficient (Wildman–Crippen LogP) is 2.29. The van der Waals surface area contributed by atoms with E-state index in [4.69, 9.17) is 9.47 Å². The normalized spacial score (nSPS) is 14.8. The maximum Gasteiger partial charge on any atom is 0.262 e. The summed E-state index contributed by atoms with van der Waals surface area (Å²) in [5.74, 6) is 1.87. The Labute approximate surface area is 124 Å². The van der Waals surface area contributed by atoms with Crippen LogP contribution in [0.4, 0.5) is 5.69 Å². The number of rotatable bonds is 4. The van der Waals surface area contributed by atoms with Crippen molar-refractivity contribution in [3.05, 3.63) is 42.6 Å². The molecule has 0 amide bonds. The molecule has 0 aliphatic carbocycles. The van der Waals surface area contributed by atoms with Crippen molar-refractivity contribution in [1.29, 1.82) is 0 Å². The molecule has 2 heterocycles. The van der Waals surface area contributed by atoms with Crippen molar-refractivity contribution in [2.24, 2.45) is 0 Å². The molecule has 0 atom stereocenters. The van der Waals surface area contributed by atoms with Gasteiger partial charge in [0, 0.05) is 38.1 Å². The molecule has 2 aromatic rings. The third-order valence-electron chi connectivity index (χ3n) is 3.49. The van der Waals surface area contributed by atoms with Crippen LogP contribution in [0.2, 0.25) is 0 Å². The molecule has 3 rings (SSSR count). The van der Waals surface area contributed by atoms with Gasteiger partial charge in [-0.1, -0.05) is 0 Å². The Morgan fingerprint density at radius 3 is 2.57 bits per heavy atom. The van der Waals surface area contributed by atoms with Gasteiger partial charge in [-0.05, 0) is 36.4 Å². The highest BCUT2D eigenvalue weighted by Crippen LogP contribution is 2.29. The van der Waals surface area contributed by atoms with Crippen LogP contribution < -0.4 is 19.7 Å². The van der Waals surface area contributed by atoms with E-state index in [1.54, 1.807) is 13.3 Å². The fourth-order valence-corrected chi connectivity index (χ4v) is 2.37. The number of hydrogen-bond acceptors (Lipinski definition) is 5. The molecule has 110 valence electrons. The van der Waals surface area contributed by atoms with E-state index in [1.165, 1.54) is 5.69 Å². The maximum absolute atomic E-state index is 5.78. The Balaban J connectivity index is 1.72. The minimum absolute atomic E-state index is 0.481. The second-order valence-electron chi connectivity index (χ2n) is 4.84. The van der Waals surface area contributed by atoms with Crippen molar-refractivity contribution in [1.82, 2.24) is 10.3 Å². The molecule has 1 saturated heterocycles. The Hall–Kier alpha value is -2.27. The SMILES string of the molecule is COc1cccnc1Oc1ccc(N2CCNCC2)cc1. The summed E-state index contributed by atoms with van der Waals surface area (Å²) in [4.78, 5) is 6.55. The first-order valence-corrected chi connectivity index (χ1v) is 7.09. The Kier molecular flexibility index (Phi) is 4.21. The standard InChI is InChI=1S/C16H19N3O2/c1-20-15-3-2-8-18-16(15)21-14-6-4-13(5-7-14)19-11-9-17-10-12-19/h2-8,17H,9-12H2,1H3. The first-order chi connectivity index (χ1) is 10.4. The topological polar surface area (TPSA) is 46.6 Å². The van der Waals surface area contributed by atoms with Crippen molar-refractivity contribution in [3.8, 4) is 17.4 Å². The quantitative estimate of drug-likeness (QED) is 0.934. The molecular weight excluding hydrogens is 266 g/mol. The van der Waals surface area contributed by atoms with Crippen LogP contribution in [0.25, 0.3) is 0 Å². The van der Waals surface area contributed by atoms with Gasteiger partial charge in [-0.3, -0.25) is 0 Å². The number of anilines is 1. The molecule has 5 nitrogen and oxygen atoms in total. The van der Waals surface area contributed by atoms with Crippen LogP contribution in [0.1, 0.15) is 0 Å². The first-order valence-electron chi connectivity index (χ1n) is 7.09. The van der Waals surface area contributed by atoms with Crippen LogP contribution in [-0.4, -0.2) is 38.3 Å². The third-order valence-corrected chi connectivity index (χ3v) is 3.49. The van der Waals surface area contributed by atoms with Gasteiger partial charge in [-0.2, -0.15) is 0 Å². The summed E-state index contributed by atoms with van der Waals surface area (Å²) in [5.41, 5.74) is 1.22. The van der Waals surface area contributed by atoms with E-state index in [-0.39, 0.29) is 0 Å². The van der Waals surface area contributed by atoms with Crippen molar-refractivity contribution >= 4 is 5.69 Å². The van der Waals surface area contributed by atoms with Crippen molar-refractivity contribution in [2.75, 3.05) is 38.2 Å². The van der Waals surface area contributed by atoms with Gasteiger partial charge in [0.25, 0.3) is 5.88 Å². The first kappa shape index (κ1) is 13.7. The molecule has 0 saturated carbocycles. The maximum atomic E-state index is 5.78. The summed E-state index contributed by atoms with van der Waals surface area (Å²) in [5, 5.41) is 3.35. The summed E-state index contributed by atoms with van der Waals surface area (Å²) in [7, 11) is 1.61. The van der Waals surface area contributed by atoms with Crippen molar-refractivity contribution in [3.63, 3.8) is 0 Å². The second kappa shape index (κ2) is 6.45. The number of benzene rings is 1. The van der Waals surface area contributed by atoms with Crippen LogP contribution in [0, 0.1) is 0 Å². The number of aromatic nitrogens is 1. The predicted molar refractivity (Wildman–Crippen MR) is 82.4 cm³/mol. The van der Waals surface area contributed by atoms with Gasteiger partial charge in [0.05, 0.1) is 7.11 Å². The van der Waals surface area contributed by atoms with Gasteiger partial charge in [0.1, 0.15) is 5.75 Å². The average Bonchev–Trinajstić information content (AvgIpc) is 2.57. The molecule has 1 aliphatic heterocycles. The zero-order valence-electron chi connectivity index (χ0n) is 12.1. The lowest BCUT2D eigenvalue weighted by atomic mass is 10.2. The van der Waals surface area contributed by atoms with Crippen LogP contribution in [0.15, 0.2) is 42.6 Å². The Morgan fingerprint density at radius 1 is 1.10 bits per heavy atom. The van der Waals surface area contributed by atoms with Crippen molar-refractivity contribution in [2.45, 2.75) is 0 Å². The summed E-state index contributed by atoms with van der Waals surface area (Å²) < 4.78 is 11.0. The Bertz CT molecular complexity index is 580. The van der Waals surface area contributed by atoms with Gasteiger partial charge in [0.15, 0.2) is 5.75 Å². The number of piperazine rings is 1. The summed E-state index contributed by atoms with van der Waals surface area (Å²) in [6, 6.07) is 11.7. The fourth-order valence-electron chi connectivity index (χ4n) is 2.37. The molecule has 0 unspecified atom stereocenters. The van der Waals surface area contributed by atoms with Gasteiger partial charge >= 0.3 is 0 Å². The zero-order chi connectivity index (χ0) is 14.5. The third kappa shape index (κ3) is 3.25. The summed E-state index contributed by atoms with van der Waals surface area (Å²) in [6.07, 6.45) is 1.69. The molecule has 1 N–H and O–H groups in total. The minimum Gasteiger partial charge on any atom is -0.491 e. The molecule has 21 heavy (non-hydrogen) atoms. The minimum atomic E-state index is 0.481. The number of methoxy groups -OCH3 is 1. The molecule has 1 aromatic heterocycles. The number of hydrogen-bond donors (Lipinski definition) is 1. The molecule has 0 bridgehead atoms. The highest BCUT2D eigenvalue weighted by Gasteiger charge is 2.11. The van der Waals surface area contributed by atoms with E-state index >= 15 is 0 Å². The van der Waals surface area contributed by atoms with Crippen LogP contribution in [0.3, 0.4) is 0 Å².